The zero-order chi connectivity index (χ0) is 17.6. The van der Waals surface area contributed by atoms with Crippen molar-refractivity contribution in [3.8, 4) is 16.9 Å². The Morgan fingerprint density at radius 1 is 1.24 bits per heavy atom. The third-order valence-corrected chi connectivity index (χ3v) is 4.52. The highest BCUT2D eigenvalue weighted by atomic mass is 35.5. The normalized spacial score (nSPS) is 11.2. The van der Waals surface area contributed by atoms with Gasteiger partial charge in [-0.25, -0.2) is 4.98 Å². The summed E-state index contributed by atoms with van der Waals surface area (Å²) in [5.41, 5.74) is 4.12. The van der Waals surface area contributed by atoms with E-state index in [0.29, 0.717) is 22.4 Å². The standard InChI is InChI=1S/C17H15ClN6O/c1-9-4-5-12(25-3)14(18)13(9)11-6-10-7-20-17(19-2)22-15(10)24-8-21-23-16(11)24/h4-8H,1-3H3,(H,19,20,22). The molecule has 0 aliphatic rings. The van der Waals surface area contributed by atoms with Crippen LogP contribution in [-0.4, -0.2) is 38.7 Å². The number of nitrogens with one attached hydrogen (secondary N) is 1. The fraction of sp³-hybridized carbons (Fsp3) is 0.176. The summed E-state index contributed by atoms with van der Waals surface area (Å²) in [6.07, 6.45) is 3.40. The Labute approximate surface area is 148 Å². The number of rotatable bonds is 3. The zero-order valence-electron chi connectivity index (χ0n) is 13.9. The maximum absolute atomic E-state index is 6.59. The van der Waals surface area contributed by atoms with Gasteiger partial charge in [0.05, 0.1) is 12.1 Å². The van der Waals surface area contributed by atoms with Crippen LogP contribution >= 0.6 is 11.6 Å². The van der Waals surface area contributed by atoms with E-state index in [1.54, 1.807) is 26.7 Å². The molecule has 0 spiro atoms. The Bertz CT molecular complexity index is 1110. The highest BCUT2D eigenvalue weighted by Gasteiger charge is 2.18. The number of anilines is 1. The number of pyridine rings is 1. The lowest BCUT2D eigenvalue weighted by molar-refractivity contribution is 0.415. The largest absolute Gasteiger partial charge is 0.495 e. The SMILES string of the molecule is CNc1ncc2cc(-c3c(C)ccc(OC)c3Cl)c3nncn3c2n1. The molecule has 0 bridgehead atoms. The Morgan fingerprint density at radius 3 is 2.84 bits per heavy atom. The Kier molecular flexibility index (Phi) is 3.65. The molecule has 1 N–H and O–H groups in total. The minimum atomic E-state index is 0.533. The second kappa shape index (κ2) is 5.86. The van der Waals surface area contributed by atoms with Crippen LogP contribution in [0.15, 0.2) is 30.7 Å². The van der Waals surface area contributed by atoms with Crippen molar-refractivity contribution >= 4 is 34.2 Å². The lowest BCUT2D eigenvalue weighted by atomic mass is 10.00. The highest BCUT2D eigenvalue weighted by molar-refractivity contribution is 6.35. The number of hydrogen-bond acceptors (Lipinski definition) is 6. The van der Waals surface area contributed by atoms with Crippen LogP contribution in [0.25, 0.3) is 27.8 Å². The van der Waals surface area contributed by atoms with Crippen LogP contribution < -0.4 is 10.1 Å². The molecule has 3 aromatic heterocycles. The number of nitrogens with zero attached hydrogens (tertiary/aromatic N) is 5. The Balaban J connectivity index is 2.11. The molecule has 0 aliphatic heterocycles. The van der Waals surface area contributed by atoms with Crippen LogP contribution in [0.1, 0.15) is 5.56 Å². The van der Waals surface area contributed by atoms with E-state index >= 15 is 0 Å². The van der Waals surface area contributed by atoms with Crippen LogP contribution in [0.4, 0.5) is 5.95 Å². The van der Waals surface area contributed by atoms with Gasteiger partial charge in [0.15, 0.2) is 11.3 Å². The van der Waals surface area contributed by atoms with Crippen LogP contribution in [0, 0.1) is 6.92 Å². The summed E-state index contributed by atoms with van der Waals surface area (Å²) < 4.78 is 7.20. The summed E-state index contributed by atoms with van der Waals surface area (Å²) in [5.74, 6) is 1.15. The second-order valence-electron chi connectivity index (χ2n) is 5.58. The first-order valence-corrected chi connectivity index (χ1v) is 8.02. The molecule has 4 aromatic rings. The number of hydrogen-bond donors (Lipinski definition) is 1. The number of aryl methyl sites for hydroxylation is 1. The molecule has 0 aliphatic carbocycles. The van der Waals surface area contributed by atoms with Crippen LogP contribution in [0.5, 0.6) is 5.75 Å². The van der Waals surface area contributed by atoms with Gasteiger partial charge in [-0.2, -0.15) is 4.98 Å². The topological polar surface area (TPSA) is 77.2 Å². The highest BCUT2D eigenvalue weighted by Crippen LogP contribution is 2.40. The monoisotopic (exact) mass is 354 g/mol. The van der Waals surface area contributed by atoms with E-state index in [9.17, 15) is 0 Å². The number of methoxy groups -OCH3 is 1. The fourth-order valence-corrected chi connectivity index (χ4v) is 3.31. The molecular weight excluding hydrogens is 340 g/mol. The summed E-state index contributed by atoms with van der Waals surface area (Å²) in [4.78, 5) is 8.81. The number of aromatic nitrogens is 5. The summed E-state index contributed by atoms with van der Waals surface area (Å²) >= 11 is 6.59. The van der Waals surface area contributed by atoms with E-state index in [1.165, 1.54) is 0 Å². The van der Waals surface area contributed by atoms with Gasteiger partial charge in [-0.1, -0.05) is 17.7 Å². The van der Waals surface area contributed by atoms with Crippen LogP contribution in [0.3, 0.4) is 0 Å². The van der Waals surface area contributed by atoms with Gasteiger partial charge >= 0.3 is 0 Å². The van der Waals surface area contributed by atoms with Gasteiger partial charge in [0.2, 0.25) is 5.95 Å². The van der Waals surface area contributed by atoms with Gasteiger partial charge in [0.1, 0.15) is 12.1 Å². The molecule has 0 unspecified atom stereocenters. The average molecular weight is 355 g/mol. The van der Waals surface area contributed by atoms with Crippen LogP contribution in [-0.2, 0) is 0 Å². The zero-order valence-corrected chi connectivity index (χ0v) is 14.7. The maximum Gasteiger partial charge on any atom is 0.224 e. The van der Waals surface area contributed by atoms with Crippen molar-refractivity contribution in [1.29, 1.82) is 0 Å². The lowest BCUT2D eigenvalue weighted by Crippen LogP contribution is -2.01. The predicted molar refractivity (Wildman–Crippen MR) is 97.4 cm³/mol. The first-order chi connectivity index (χ1) is 12.1. The first kappa shape index (κ1) is 15.6. The van der Waals surface area contributed by atoms with E-state index in [0.717, 1.165) is 27.7 Å². The second-order valence-corrected chi connectivity index (χ2v) is 5.96. The number of halogens is 1. The quantitative estimate of drug-likeness (QED) is 0.608. The minimum Gasteiger partial charge on any atom is -0.495 e. The predicted octanol–water partition coefficient (Wildman–Crippen LogP) is 3.35. The molecule has 25 heavy (non-hydrogen) atoms. The van der Waals surface area contributed by atoms with Crippen molar-refractivity contribution in [3.63, 3.8) is 0 Å². The van der Waals surface area contributed by atoms with Crippen molar-refractivity contribution in [2.45, 2.75) is 6.92 Å². The molecule has 8 heteroatoms. The van der Waals surface area contributed by atoms with Crippen molar-refractivity contribution in [2.24, 2.45) is 0 Å². The molecule has 0 atom stereocenters. The summed E-state index contributed by atoms with van der Waals surface area (Å²) in [6, 6.07) is 5.80. The van der Waals surface area contributed by atoms with E-state index < -0.39 is 0 Å². The van der Waals surface area contributed by atoms with E-state index in [1.807, 2.05) is 29.5 Å². The van der Waals surface area contributed by atoms with Gasteiger partial charge in [0.25, 0.3) is 0 Å². The minimum absolute atomic E-state index is 0.533. The molecule has 0 amide bonds. The summed E-state index contributed by atoms with van der Waals surface area (Å²) in [7, 11) is 3.37. The third kappa shape index (κ3) is 2.35. The van der Waals surface area contributed by atoms with Gasteiger partial charge in [-0.3, -0.25) is 4.40 Å². The lowest BCUT2D eigenvalue weighted by Gasteiger charge is -2.14. The molecule has 7 nitrogen and oxygen atoms in total. The smallest absolute Gasteiger partial charge is 0.224 e. The van der Waals surface area contributed by atoms with Gasteiger partial charge < -0.3 is 10.1 Å². The third-order valence-electron chi connectivity index (χ3n) is 4.14. The Hall–Kier alpha value is -2.93. The average Bonchev–Trinajstić information content (AvgIpc) is 3.12. The van der Waals surface area contributed by atoms with Crippen molar-refractivity contribution in [3.05, 3.63) is 41.3 Å². The van der Waals surface area contributed by atoms with Gasteiger partial charge in [0, 0.05) is 29.8 Å². The molecule has 0 fully saturated rings. The van der Waals surface area contributed by atoms with Crippen LogP contribution in [0.2, 0.25) is 5.02 Å². The molecule has 0 saturated heterocycles. The first-order valence-electron chi connectivity index (χ1n) is 7.64. The van der Waals surface area contributed by atoms with E-state index in [2.05, 4.69) is 25.5 Å². The molecule has 0 radical (unpaired) electrons. The molecular formula is C17H15ClN6O. The summed E-state index contributed by atoms with van der Waals surface area (Å²) in [5, 5.41) is 12.7. The molecule has 126 valence electrons. The van der Waals surface area contributed by atoms with Crippen molar-refractivity contribution in [2.75, 3.05) is 19.5 Å². The van der Waals surface area contributed by atoms with Crippen molar-refractivity contribution in [1.82, 2.24) is 24.6 Å². The molecule has 0 saturated carbocycles. The van der Waals surface area contributed by atoms with E-state index in [4.69, 9.17) is 16.3 Å². The number of fused-ring (bicyclic) bond motifs is 3. The number of benzene rings is 1. The molecule has 3 heterocycles. The Morgan fingerprint density at radius 2 is 2.08 bits per heavy atom. The number of ether oxygens (including phenoxy) is 1. The van der Waals surface area contributed by atoms with Gasteiger partial charge in [-0.15, -0.1) is 10.2 Å². The maximum atomic E-state index is 6.59. The van der Waals surface area contributed by atoms with Crippen molar-refractivity contribution < 1.29 is 4.74 Å². The molecule has 1 aromatic carbocycles. The summed E-state index contributed by atoms with van der Waals surface area (Å²) in [6.45, 7) is 2.00. The van der Waals surface area contributed by atoms with Gasteiger partial charge in [-0.05, 0) is 24.6 Å². The van der Waals surface area contributed by atoms with E-state index in [-0.39, 0.29) is 0 Å². The molecule has 4 rings (SSSR count). The fourth-order valence-electron chi connectivity index (χ4n) is 2.92.